The van der Waals surface area contributed by atoms with E-state index in [9.17, 15) is 0 Å². The van der Waals surface area contributed by atoms with E-state index in [1.807, 2.05) is 18.2 Å². The van der Waals surface area contributed by atoms with Gasteiger partial charge in [0.05, 0.1) is 0 Å². The van der Waals surface area contributed by atoms with Gasteiger partial charge in [-0.05, 0) is 17.7 Å². The van der Waals surface area contributed by atoms with Crippen molar-refractivity contribution in [2.75, 3.05) is 11.1 Å². The predicted octanol–water partition coefficient (Wildman–Crippen LogP) is 2.07. The van der Waals surface area contributed by atoms with Crippen LogP contribution in [0.3, 0.4) is 0 Å². The third-order valence-corrected chi connectivity index (χ3v) is 1.58. The maximum absolute atomic E-state index is 5.41. The number of hydrogen-bond acceptors (Lipinski definition) is 2. The minimum Gasteiger partial charge on any atom is -0.384 e. The van der Waals surface area contributed by atoms with Crippen molar-refractivity contribution in [3.8, 4) is 0 Å². The Labute approximate surface area is 74.3 Å². The first-order valence-electron chi connectivity index (χ1n) is 3.27. The van der Waals surface area contributed by atoms with E-state index in [0.29, 0.717) is 5.82 Å². The summed E-state index contributed by atoms with van der Waals surface area (Å²) < 4.78 is 0. The van der Waals surface area contributed by atoms with E-state index in [1.165, 1.54) is 0 Å². The Balaban J connectivity index is 2.73. The lowest BCUT2D eigenvalue weighted by molar-refractivity contribution is 1.32. The number of hydrogen-bond donors (Lipinski definition) is 1. The van der Waals surface area contributed by atoms with Crippen LogP contribution in [0, 0.1) is 0 Å². The molecule has 0 saturated carbocycles. The highest BCUT2D eigenvalue weighted by molar-refractivity contribution is 9.09. The summed E-state index contributed by atoms with van der Waals surface area (Å²) in [6.07, 6.45) is 5.74. The Hall–Kier alpha value is -0.830. The molecule has 0 unspecified atom stereocenters. The standard InChI is InChI=1S/C8H9BrN2/c9-5-1-2-7-3-4-8(10)11-6-7/h1-4,6H,5H2,(H2,10,11). The number of allylic oxidation sites excluding steroid dienone is 1. The molecule has 58 valence electrons. The van der Waals surface area contributed by atoms with E-state index in [4.69, 9.17) is 5.73 Å². The van der Waals surface area contributed by atoms with Crippen LogP contribution >= 0.6 is 15.9 Å². The zero-order chi connectivity index (χ0) is 8.10. The summed E-state index contributed by atoms with van der Waals surface area (Å²) in [4.78, 5) is 3.94. The van der Waals surface area contributed by atoms with E-state index in [0.717, 1.165) is 10.9 Å². The third-order valence-electron chi connectivity index (χ3n) is 1.21. The van der Waals surface area contributed by atoms with Crippen molar-refractivity contribution in [1.29, 1.82) is 0 Å². The van der Waals surface area contributed by atoms with Crippen molar-refractivity contribution in [2.24, 2.45) is 0 Å². The summed E-state index contributed by atoms with van der Waals surface area (Å²) in [5.41, 5.74) is 6.48. The lowest BCUT2D eigenvalue weighted by Crippen LogP contribution is -1.87. The Morgan fingerprint density at radius 1 is 1.55 bits per heavy atom. The van der Waals surface area contributed by atoms with Crippen LogP contribution in [0.1, 0.15) is 5.56 Å². The molecule has 0 amide bonds. The van der Waals surface area contributed by atoms with Gasteiger partial charge in [-0.1, -0.05) is 28.1 Å². The average molecular weight is 213 g/mol. The largest absolute Gasteiger partial charge is 0.384 e. The number of rotatable bonds is 2. The van der Waals surface area contributed by atoms with Crippen molar-refractivity contribution < 1.29 is 0 Å². The highest BCUT2D eigenvalue weighted by Gasteiger charge is 1.85. The fraction of sp³-hybridized carbons (Fsp3) is 0.125. The van der Waals surface area contributed by atoms with E-state index in [1.54, 1.807) is 12.3 Å². The van der Waals surface area contributed by atoms with Crippen molar-refractivity contribution in [2.45, 2.75) is 0 Å². The molecule has 0 spiro atoms. The summed E-state index contributed by atoms with van der Waals surface area (Å²) >= 11 is 3.29. The number of nitrogen functional groups attached to an aromatic ring is 1. The van der Waals surface area contributed by atoms with Crippen molar-refractivity contribution in [3.05, 3.63) is 30.0 Å². The van der Waals surface area contributed by atoms with Crippen LogP contribution in [-0.2, 0) is 0 Å². The van der Waals surface area contributed by atoms with E-state index >= 15 is 0 Å². The second kappa shape index (κ2) is 4.13. The van der Waals surface area contributed by atoms with Gasteiger partial charge in [0.25, 0.3) is 0 Å². The molecule has 0 atom stereocenters. The Kier molecular flexibility index (Phi) is 3.11. The molecule has 1 rings (SSSR count). The third kappa shape index (κ3) is 2.72. The van der Waals surface area contributed by atoms with Gasteiger partial charge in [0, 0.05) is 11.5 Å². The monoisotopic (exact) mass is 212 g/mol. The number of pyridine rings is 1. The van der Waals surface area contributed by atoms with E-state index in [-0.39, 0.29) is 0 Å². The zero-order valence-corrected chi connectivity index (χ0v) is 7.58. The normalized spacial score (nSPS) is 10.6. The summed E-state index contributed by atoms with van der Waals surface area (Å²) in [6.45, 7) is 0. The number of nitrogens with two attached hydrogens (primary N) is 1. The fourth-order valence-electron chi connectivity index (χ4n) is 0.696. The van der Waals surface area contributed by atoms with Crippen molar-refractivity contribution in [1.82, 2.24) is 4.98 Å². The van der Waals surface area contributed by atoms with Crippen LogP contribution in [0.25, 0.3) is 6.08 Å². The van der Waals surface area contributed by atoms with Crippen LogP contribution in [0.2, 0.25) is 0 Å². The maximum atomic E-state index is 5.41. The van der Waals surface area contributed by atoms with Crippen LogP contribution in [-0.4, -0.2) is 10.3 Å². The van der Waals surface area contributed by atoms with Gasteiger partial charge in [-0.2, -0.15) is 0 Å². The summed E-state index contributed by atoms with van der Waals surface area (Å²) in [5.74, 6) is 0.556. The predicted molar refractivity (Wildman–Crippen MR) is 51.5 cm³/mol. The van der Waals surface area contributed by atoms with E-state index in [2.05, 4.69) is 20.9 Å². The van der Waals surface area contributed by atoms with Gasteiger partial charge in [-0.25, -0.2) is 4.98 Å². The quantitative estimate of drug-likeness (QED) is 0.763. The minimum absolute atomic E-state index is 0.556. The molecule has 0 aromatic carbocycles. The molecule has 0 radical (unpaired) electrons. The first-order valence-corrected chi connectivity index (χ1v) is 4.39. The van der Waals surface area contributed by atoms with Gasteiger partial charge in [0.15, 0.2) is 0 Å². The van der Waals surface area contributed by atoms with E-state index < -0.39 is 0 Å². The molecule has 1 aromatic rings. The molecule has 0 aliphatic carbocycles. The molecule has 0 aliphatic rings. The average Bonchev–Trinajstić information content (AvgIpc) is 2.04. The summed E-state index contributed by atoms with van der Waals surface area (Å²) in [6, 6.07) is 3.72. The Morgan fingerprint density at radius 2 is 2.36 bits per heavy atom. The highest BCUT2D eigenvalue weighted by Crippen LogP contribution is 2.03. The smallest absolute Gasteiger partial charge is 0.123 e. The second-order valence-electron chi connectivity index (χ2n) is 2.07. The molecular formula is C8H9BrN2. The number of nitrogens with zero attached hydrogens (tertiary/aromatic N) is 1. The minimum atomic E-state index is 0.556. The first kappa shape index (κ1) is 8.27. The fourth-order valence-corrected chi connectivity index (χ4v) is 0.883. The first-order chi connectivity index (χ1) is 5.33. The maximum Gasteiger partial charge on any atom is 0.123 e. The SMILES string of the molecule is Nc1ccc(C=CCBr)cn1. The molecule has 11 heavy (non-hydrogen) atoms. The van der Waals surface area contributed by atoms with Gasteiger partial charge in [-0.3, -0.25) is 0 Å². The molecule has 1 aromatic heterocycles. The molecule has 3 heteroatoms. The molecule has 0 saturated heterocycles. The second-order valence-corrected chi connectivity index (χ2v) is 2.72. The topological polar surface area (TPSA) is 38.9 Å². The van der Waals surface area contributed by atoms with Gasteiger partial charge in [-0.15, -0.1) is 0 Å². The molecule has 0 aliphatic heterocycles. The van der Waals surface area contributed by atoms with Crippen LogP contribution in [0.15, 0.2) is 24.4 Å². The Bertz CT molecular complexity index is 241. The van der Waals surface area contributed by atoms with Crippen LogP contribution in [0.4, 0.5) is 5.82 Å². The molecule has 0 bridgehead atoms. The van der Waals surface area contributed by atoms with Gasteiger partial charge in [0.1, 0.15) is 5.82 Å². The highest BCUT2D eigenvalue weighted by atomic mass is 79.9. The lowest BCUT2D eigenvalue weighted by Gasteiger charge is -1.92. The Morgan fingerprint density at radius 3 is 2.91 bits per heavy atom. The molecule has 2 nitrogen and oxygen atoms in total. The van der Waals surface area contributed by atoms with Gasteiger partial charge < -0.3 is 5.73 Å². The number of halogens is 1. The van der Waals surface area contributed by atoms with Gasteiger partial charge in [0.2, 0.25) is 0 Å². The molecule has 0 fully saturated rings. The molecular weight excluding hydrogens is 204 g/mol. The molecule has 1 heterocycles. The zero-order valence-electron chi connectivity index (χ0n) is 6.00. The van der Waals surface area contributed by atoms with Crippen molar-refractivity contribution >= 4 is 27.8 Å². The van der Waals surface area contributed by atoms with Crippen LogP contribution in [0.5, 0.6) is 0 Å². The summed E-state index contributed by atoms with van der Waals surface area (Å²) in [7, 11) is 0. The number of aromatic nitrogens is 1. The molecule has 2 N–H and O–H groups in total. The number of alkyl halides is 1. The number of anilines is 1. The van der Waals surface area contributed by atoms with Gasteiger partial charge >= 0.3 is 0 Å². The summed E-state index contributed by atoms with van der Waals surface area (Å²) in [5, 5.41) is 0.859. The van der Waals surface area contributed by atoms with Crippen LogP contribution < -0.4 is 5.73 Å². The lowest BCUT2D eigenvalue weighted by atomic mass is 10.2. The van der Waals surface area contributed by atoms with Crippen molar-refractivity contribution in [3.63, 3.8) is 0 Å².